The van der Waals surface area contributed by atoms with E-state index in [1.54, 1.807) is 6.92 Å². The van der Waals surface area contributed by atoms with Gasteiger partial charge in [-0.3, -0.25) is 0 Å². The molecule has 21 heavy (non-hydrogen) atoms. The molecular weight excluding hydrogens is 308 g/mol. The molecule has 5 rings (SSSR count). The number of benzene rings is 1. The van der Waals surface area contributed by atoms with Crippen LogP contribution in [0.4, 0.5) is 0 Å². The fourth-order valence-corrected chi connectivity index (χ4v) is 6.77. The van der Waals surface area contributed by atoms with Crippen molar-refractivity contribution in [1.82, 2.24) is 0 Å². The van der Waals surface area contributed by atoms with Crippen molar-refractivity contribution in [2.45, 2.75) is 29.6 Å². The zero-order chi connectivity index (χ0) is 14.6. The Morgan fingerprint density at radius 2 is 1.95 bits per heavy atom. The summed E-state index contributed by atoms with van der Waals surface area (Å²) in [6.07, 6.45) is 0.935. The Morgan fingerprint density at radius 1 is 1.19 bits per heavy atom. The Balaban J connectivity index is 1.47. The monoisotopic (exact) mass is 326 g/mol. The standard InChI is InChI=1S/C15H18O4S2/c1-2-18-21(16,17)19-14-11-8-10-12(14)13(10)15(11)20-9-6-4-3-5-7-9/h3-7,10-15H,2,8H2,1H3/t10-,11+,12?,13?,14+,15+/m0/s1. The van der Waals surface area contributed by atoms with Crippen molar-refractivity contribution in [3.8, 4) is 0 Å². The molecule has 2 unspecified atom stereocenters. The zero-order valence-electron chi connectivity index (χ0n) is 11.7. The molecule has 0 amide bonds. The third kappa shape index (κ3) is 2.32. The fraction of sp³-hybridized carbons (Fsp3) is 0.600. The summed E-state index contributed by atoms with van der Waals surface area (Å²) >= 11 is 1.88. The lowest BCUT2D eigenvalue weighted by atomic mass is 10.1. The lowest BCUT2D eigenvalue weighted by Crippen LogP contribution is -2.26. The van der Waals surface area contributed by atoms with Crippen LogP contribution in [0.25, 0.3) is 0 Å². The lowest BCUT2D eigenvalue weighted by Gasteiger charge is -2.19. The van der Waals surface area contributed by atoms with Gasteiger partial charge in [-0.25, -0.2) is 8.37 Å². The Hall–Kier alpha value is -0.560. The summed E-state index contributed by atoms with van der Waals surface area (Å²) in [4.78, 5) is 1.26. The molecule has 4 nitrogen and oxygen atoms in total. The third-order valence-electron chi connectivity index (χ3n) is 4.95. The van der Waals surface area contributed by atoms with Crippen LogP contribution in [0.5, 0.6) is 0 Å². The molecule has 0 N–H and O–H groups in total. The first-order valence-corrected chi connectivity index (χ1v) is 9.61. The Labute approximate surface area is 129 Å². The van der Waals surface area contributed by atoms with E-state index >= 15 is 0 Å². The predicted octanol–water partition coefficient (Wildman–Crippen LogP) is 2.71. The van der Waals surface area contributed by atoms with Gasteiger partial charge >= 0.3 is 10.4 Å². The molecule has 4 aliphatic rings. The summed E-state index contributed by atoms with van der Waals surface area (Å²) in [5.74, 6) is 2.05. The van der Waals surface area contributed by atoms with E-state index in [0.29, 0.717) is 28.9 Å². The SMILES string of the molecule is CCOS(=O)(=O)O[C@H]1C2C3[C@H]2C[C@H]1[C@H]3Sc1ccccc1. The first-order chi connectivity index (χ1) is 10.1. The molecule has 1 aromatic rings. The van der Waals surface area contributed by atoms with Crippen molar-refractivity contribution < 1.29 is 16.8 Å². The average molecular weight is 326 g/mol. The molecule has 4 aliphatic carbocycles. The summed E-state index contributed by atoms with van der Waals surface area (Å²) in [5.41, 5.74) is 0. The maximum absolute atomic E-state index is 11.7. The normalized spacial score (nSPS) is 39.7. The molecule has 0 spiro atoms. The van der Waals surface area contributed by atoms with Gasteiger partial charge in [0.25, 0.3) is 0 Å². The molecule has 1 aromatic carbocycles. The van der Waals surface area contributed by atoms with Gasteiger partial charge < -0.3 is 0 Å². The molecule has 4 bridgehead atoms. The molecule has 0 heterocycles. The van der Waals surface area contributed by atoms with Gasteiger partial charge in [0.05, 0.1) is 12.7 Å². The van der Waals surface area contributed by atoms with Gasteiger partial charge in [0, 0.05) is 10.1 Å². The lowest BCUT2D eigenvalue weighted by molar-refractivity contribution is 0.132. The highest BCUT2D eigenvalue weighted by Gasteiger charge is 2.75. The average Bonchev–Trinajstić information content (AvgIpc) is 2.70. The van der Waals surface area contributed by atoms with Gasteiger partial charge in [0.15, 0.2) is 0 Å². The van der Waals surface area contributed by atoms with E-state index in [2.05, 4.69) is 12.1 Å². The largest absolute Gasteiger partial charge is 0.400 e. The Bertz CT molecular complexity index is 630. The third-order valence-corrected chi connectivity index (χ3v) is 7.41. The van der Waals surface area contributed by atoms with Gasteiger partial charge in [0.1, 0.15) is 0 Å². The molecule has 6 heteroatoms. The summed E-state index contributed by atoms with van der Waals surface area (Å²) in [6, 6.07) is 10.3. The van der Waals surface area contributed by atoms with E-state index < -0.39 is 10.4 Å². The summed E-state index contributed by atoms with van der Waals surface area (Å²) in [5, 5.41) is 0.490. The van der Waals surface area contributed by atoms with Crippen LogP contribution < -0.4 is 0 Å². The van der Waals surface area contributed by atoms with Gasteiger partial charge in [-0.15, -0.1) is 11.8 Å². The second-order valence-electron chi connectivity index (χ2n) is 5.99. The van der Waals surface area contributed by atoms with Crippen molar-refractivity contribution in [3.05, 3.63) is 30.3 Å². The van der Waals surface area contributed by atoms with E-state index in [4.69, 9.17) is 8.37 Å². The molecule has 4 saturated carbocycles. The van der Waals surface area contributed by atoms with Crippen LogP contribution in [-0.2, 0) is 18.8 Å². The summed E-state index contributed by atoms with van der Waals surface area (Å²) in [7, 11) is -3.83. The van der Waals surface area contributed by atoms with E-state index in [1.165, 1.54) is 4.90 Å². The van der Waals surface area contributed by atoms with E-state index in [9.17, 15) is 8.42 Å². The van der Waals surface area contributed by atoms with Gasteiger partial charge in [-0.05, 0) is 49.1 Å². The van der Waals surface area contributed by atoms with Crippen molar-refractivity contribution >= 4 is 22.2 Å². The van der Waals surface area contributed by atoms with Gasteiger partial charge in [-0.2, -0.15) is 8.42 Å². The van der Waals surface area contributed by atoms with Crippen molar-refractivity contribution in [3.63, 3.8) is 0 Å². The molecule has 0 radical (unpaired) electrons. The van der Waals surface area contributed by atoms with E-state index in [1.807, 2.05) is 30.0 Å². The van der Waals surface area contributed by atoms with E-state index in [0.717, 1.165) is 6.42 Å². The van der Waals surface area contributed by atoms with Crippen molar-refractivity contribution in [1.29, 1.82) is 0 Å². The maximum Gasteiger partial charge on any atom is 0.400 e. The molecule has 0 saturated heterocycles. The van der Waals surface area contributed by atoms with Gasteiger partial charge in [-0.1, -0.05) is 18.2 Å². The Kier molecular flexibility index (Phi) is 3.33. The van der Waals surface area contributed by atoms with Crippen LogP contribution in [0.3, 0.4) is 0 Å². The fourth-order valence-electron chi connectivity index (χ4n) is 4.27. The number of hydrogen-bond donors (Lipinski definition) is 0. The van der Waals surface area contributed by atoms with Gasteiger partial charge in [0.2, 0.25) is 0 Å². The Morgan fingerprint density at radius 3 is 2.62 bits per heavy atom. The predicted molar refractivity (Wildman–Crippen MR) is 80.1 cm³/mol. The molecule has 6 atom stereocenters. The maximum atomic E-state index is 11.7. The minimum absolute atomic E-state index is 0.124. The van der Waals surface area contributed by atoms with Crippen LogP contribution >= 0.6 is 11.8 Å². The highest BCUT2D eigenvalue weighted by atomic mass is 32.3. The quantitative estimate of drug-likeness (QED) is 0.804. The smallest absolute Gasteiger partial charge is 0.248 e. The molecular formula is C15H18O4S2. The van der Waals surface area contributed by atoms with Crippen molar-refractivity contribution in [2.24, 2.45) is 23.7 Å². The van der Waals surface area contributed by atoms with E-state index in [-0.39, 0.29) is 12.7 Å². The highest BCUT2D eigenvalue weighted by molar-refractivity contribution is 8.00. The van der Waals surface area contributed by atoms with Crippen LogP contribution in [0.2, 0.25) is 0 Å². The zero-order valence-corrected chi connectivity index (χ0v) is 13.3. The van der Waals surface area contributed by atoms with Crippen molar-refractivity contribution in [2.75, 3.05) is 6.61 Å². The molecule has 114 valence electrons. The van der Waals surface area contributed by atoms with Crippen LogP contribution in [0, 0.1) is 23.7 Å². The van der Waals surface area contributed by atoms with Crippen LogP contribution in [0.1, 0.15) is 13.3 Å². The second kappa shape index (κ2) is 4.98. The first kappa shape index (κ1) is 14.1. The molecule has 4 fully saturated rings. The topological polar surface area (TPSA) is 52.6 Å². The number of hydrogen-bond acceptors (Lipinski definition) is 5. The summed E-state index contributed by atoms with van der Waals surface area (Å²) in [6.45, 7) is 1.78. The second-order valence-corrected chi connectivity index (χ2v) is 8.49. The first-order valence-electron chi connectivity index (χ1n) is 7.40. The highest BCUT2D eigenvalue weighted by Crippen LogP contribution is 2.74. The number of rotatable bonds is 6. The number of thioether (sulfide) groups is 1. The minimum Gasteiger partial charge on any atom is -0.248 e. The van der Waals surface area contributed by atoms with Crippen LogP contribution in [0.15, 0.2) is 35.2 Å². The molecule has 0 aromatic heterocycles. The molecule has 0 aliphatic heterocycles. The van der Waals surface area contributed by atoms with Crippen LogP contribution in [-0.4, -0.2) is 26.4 Å². The minimum atomic E-state index is -3.83. The summed E-state index contributed by atoms with van der Waals surface area (Å²) < 4.78 is 33.5.